The van der Waals surface area contributed by atoms with Crippen LogP contribution in [0.1, 0.15) is 0 Å². The predicted molar refractivity (Wildman–Crippen MR) is 52.6 cm³/mol. The lowest BCUT2D eigenvalue weighted by Crippen LogP contribution is -1.71. The van der Waals surface area contributed by atoms with E-state index in [1.807, 2.05) is 12.1 Å². The Morgan fingerprint density at radius 3 is 2.77 bits per heavy atom. The third kappa shape index (κ3) is 0.872. The van der Waals surface area contributed by atoms with Crippen LogP contribution in [0.25, 0.3) is 21.5 Å². The lowest BCUT2D eigenvalue weighted by molar-refractivity contribution is 0.563. The molecule has 2 aromatic carbocycles. The molecule has 0 unspecified atom stereocenters. The zero-order chi connectivity index (χ0) is 8.67. The minimum atomic E-state index is 1.07. The lowest BCUT2D eigenvalue weighted by atomic mass is 10.1. The molecule has 0 saturated carbocycles. The van der Waals surface area contributed by atoms with E-state index in [-0.39, 0.29) is 0 Å². The Kier molecular flexibility index (Phi) is 1.22. The molecule has 0 aliphatic rings. The number of benzene rings is 2. The second-order valence-corrected chi connectivity index (χ2v) is 3.09. The van der Waals surface area contributed by atoms with Crippen LogP contribution in [0.2, 0.25) is 0 Å². The Hall–Kier alpha value is -1.76. The van der Waals surface area contributed by atoms with Crippen LogP contribution in [0, 0.1) is 6.26 Å². The van der Waals surface area contributed by atoms with Crippen molar-refractivity contribution in [3.8, 4) is 0 Å². The summed E-state index contributed by atoms with van der Waals surface area (Å²) in [5.74, 6) is 0. The molecule has 3 rings (SSSR count). The molecule has 13 heavy (non-hydrogen) atoms. The molecule has 0 fully saturated rings. The van der Waals surface area contributed by atoms with Crippen LogP contribution < -0.4 is 0 Å². The summed E-state index contributed by atoms with van der Waals surface area (Å²) < 4.78 is 5.05. The van der Waals surface area contributed by atoms with Gasteiger partial charge in [-0.25, -0.2) is 0 Å². The molecule has 1 heteroatoms. The molecular weight excluding hydrogens is 160 g/mol. The maximum absolute atomic E-state index is 5.05. The average Bonchev–Trinajstić information content (AvgIpc) is 2.65. The van der Waals surface area contributed by atoms with E-state index < -0.39 is 0 Å². The third-order valence-electron chi connectivity index (χ3n) is 2.31. The zero-order valence-corrected chi connectivity index (χ0v) is 6.95. The maximum atomic E-state index is 5.05. The minimum Gasteiger partial charge on any atom is -0.460 e. The van der Waals surface area contributed by atoms with E-state index in [1.54, 1.807) is 6.26 Å². The molecule has 0 atom stereocenters. The number of hydrogen-bond donors (Lipinski definition) is 0. The first kappa shape index (κ1) is 6.72. The molecule has 0 aliphatic carbocycles. The highest BCUT2D eigenvalue weighted by Crippen LogP contribution is 2.24. The van der Waals surface area contributed by atoms with Crippen LogP contribution in [0.15, 0.2) is 47.1 Å². The van der Waals surface area contributed by atoms with Crippen LogP contribution in [-0.4, -0.2) is 0 Å². The van der Waals surface area contributed by atoms with Crippen molar-refractivity contribution < 1.29 is 4.42 Å². The van der Waals surface area contributed by atoms with Gasteiger partial charge in [-0.1, -0.05) is 36.4 Å². The second-order valence-electron chi connectivity index (χ2n) is 3.09. The fourth-order valence-electron chi connectivity index (χ4n) is 1.65. The van der Waals surface area contributed by atoms with Gasteiger partial charge in [0.15, 0.2) is 6.26 Å². The summed E-state index contributed by atoms with van der Waals surface area (Å²) in [5, 5.41) is 4.61. The Bertz CT molecular complexity index is 563. The largest absolute Gasteiger partial charge is 0.460 e. The van der Waals surface area contributed by atoms with E-state index in [0.29, 0.717) is 0 Å². The predicted octanol–water partition coefficient (Wildman–Crippen LogP) is 3.39. The molecule has 3 aromatic rings. The van der Waals surface area contributed by atoms with Gasteiger partial charge in [-0.3, -0.25) is 0 Å². The molecule has 61 valence electrons. The SMILES string of the molecule is [c]1occ2ccc3ccccc3c12. The van der Waals surface area contributed by atoms with Gasteiger partial charge >= 0.3 is 0 Å². The monoisotopic (exact) mass is 167 g/mol. The Balaban J connectivity index is 2.65. The summed E-state index contributed by atoms with van der Waals surface area (Å²) in [6.45, 7) is 0. The average molecular weight is 167 g/mol. The topological polar surface area (TPSA) is 13.1 Å². The maximum Gasteiger partial charge on any atom is 0.178 e. The highest BCUT2D eigenvalue weighted by Gasteiger charge is 2.00. The molecule has 0 saturated heterocycles. The van der Waals surface area contributed by atoms with Crippen molar-refractivity contribution in [2.75, 3.05) is 0 Å². The van der Waals surface area contributed by atoms with Crippen molar-refractivity contribution in [3.63, 3.8) is 0 Å². The number of hydrogen-bond acceptors (Lipinski definition) is 1. The highest BCUT2D eigenvalue weighted by atomic mass is 16.3. The van der Waals surface area contributed by atoms with Crippen LogP contribution in [0.3, 0.4) is 0 Å². The van der Waals surface area contributed by atoms with Crippen molar-refractivity contribution >= 4 is 21.5 Å². The standard InChI is InChI=1S/C12H7O/c1-2-4-11-9(3-1)5-6-10-7-13-8-12(10)11/h1-7H. The zero-order valence-electron chi connectivity index (χ0n) is 6.95. The van der Waals surface area contributed by atoms with E-state index in [2.05, 4.69) is 30.5 Å². The molecule has 0 spiro atoms. The van der Waals surface area contributed by atoms with E-state index in [1.165, 1.54) is 10.8 Å². The second kappa shape index (κ2) is 2.36. The number of furan rings is 1. The van der Waals surface area contributed by atoms with E-state index >= 15 is 0 Å². The molecule has 0 amide bonds. The fourth-order valence-corrected chi connectivity index (χ4v) is 1.65. The number of fused-ring (bicyclic) bond motifs is 3. The normalized spacial score (nSPS) is 11.1. The van der Waals surface area contributed by atoms with Gasteiger partial charge in [-0.15, -0.1) is 0 Å². The Labute approximate surface area is 75.6 Å². The Morgan fingerprint density at radius 2 is 1.77 bits per heavy atom. The van der Waals surface area contributed by atoms with Gasteiger partial charge < -0.3 is 4.42 Å². The Morgan fingerprint density at radius 1 is 0.923 bits per heavy atom. The first-order chi connectivity index (χ1) is 6.45. The quantitative estimate of drug-likeness (QED) is 0.500. The summed E-state index contributed by atoms with van der Waals surface area (Å²) >= 11 is 0. The van der Waals surface area contributed by atoms with Crippen molar-refractivity contribution in [3.05, 3.63) is 48.9 Å². The molecule has 0 bridgehead atoms. The van der Waals surface area contributed by atoms with Crippen molar-refractivity contribution in [2.45, 2.75) is 0 Å². The first-order valence-corrected chi connectivity index (χ1v) is 4.22. The molecule has 1 nitrogen and oxygen atoms in total. The first-order valence-electron chi connectivity index (χ1n) is 4.22. The van der Waals surface area contributed by atoms with Crippen LogP contribution >= 0.6 is 0 Å². The van der Waals surface area contributed by atoms with Crippen LogP contribution in [0.4, 0.5) is 0 Å². The van der Waals surface area contributed by atoms with Gasteiger partial charge in [-0.2, -0.15) is 0 Å². The smallest absolute Gasteiger partial charge is 0.178 e. The minimum absolute atomic E-state index is 1.07. The molecule has 1 heterocycles. The van der Waals surface area contributed by atoms with Gasteiger partial charge in [0.2, 0.25) is 0 Å². The summed E-state index contributed by atoms with van der Waals surface area (Å²) in [4.78, 5) is 0. The molecule has 1 aromatic heterocycles. The van der Waals surface area contributed by atoms with Gasteiger partial charge in [0.25, 0.3) is 0 Å². The van der Waals surface area contributed by atoms with Crippen LogP contribution in [-0.2, 0) is 0 Å². The van der Waals surface area contributed by atoms with Crippen molar-refractivity contribution in [1.29, 1.82) is 0 Å². The lowest BCUT2D eigenvalue weighted by Gasteiger charge is -1.96. The third-order valence-corrected chi connectivity index (χ3v) is 2.31. The van der Waals surface area contributed by atoms with E-state index in [4.69, 9.17) is 4.42 Å². The number of rotatable bonds is 0. The highest BCUT2D eigenvalue weighted by molar-refractivity contribution is 6.06. The molecule has 0 N–H and O–H groups in total. The summed E-state index contributed by atoms with van der Waals surface area (Å²) in [6, 6.07) is 12.4. The van der Waals surface area contributed by atoms with E-state index in [9.17, 15) is 0 Å². The van der Waals surface area contributed by atoms with Gasteiger partial charge in [0, 0.05) is 10.8 Å². The molecular formula is C12H7O. The van der Waals surface area contributed by atoms with E-state index in [0.717, 1.165) is 10.8 Å². The summed E-state index contributed by atoms with van der Waals surface area (Å²) in [5.41, 5.74) is 0. The van der Waals surface area contributed by atoms with Crippen LogP contribution in [0.5, 0.6) is 0 Å². The van der Waals surface area contributed by atoms with Crippen molar-refractivity contribution in [2.24, 2.45) is 0 Å². The van der Waals surface area contributed by atoms with Gasteiger partial charge in [0.1, 0.15) is 0 Å². The van der Waals surface area contributed by atoms with Gasteiger partial charge in [0.05, 0.1) is 6.26 Å². The molecule has 1 radical (unpaired) electrons. The van der Waals surface area contributed by atoms with Crippen molar-refractivity contribution in [1.82, 2.24) is 0 Å². The fraction of sp³-hybridized carbons (Fsp3) is 0. The summed E-state index contributed by atoms with van der Waals surface area (Å²) in [7, 11) is 0. The molecule has 0 aliphatic heterocycles. The van der Waals surface area contributed by atoms with Gasteiger partial charge in [-0.05, 0) is 10.8 Å². The summed E-state index contributed by atoms with van der Waals surface area (Å²) in [6.07, 6.45) is 4.61.